The van der Waals surface area contributed by atoms with E-state index in [2.05, 4.69) is 67.8 Å². The summed E-state index contributed by atoms with van der Waals surface area (Å²) in [6.45, 7) is 4.17. The molecule has 0 spiro atoms. The lowest BCUT2D eigenvalue weighted by atomic mass is 10.1. The van der Waals surface area contributed by atoms with Crippen molar-refractivity contribution in [1.29, 1.82) is 0 Å². The second kappa shape index (κ2) is 5.25. The van der Waals surface area contributed by atoms with Crippen molar-refractivity contribution in [2.45, 2.75) is 13.8 Å². The number of nitrogen functional groups attached to an aromatic ring is 1. The number of aryl methyl sites for hydroxylation is 2. The van der Waals surface area contributed by atoms with Crippen LogP contribution < -0.4 is 5.73 Å². The summed E-state index contributed by atoms with van der Waals surface area (Å²) in [6.07, 6.45) is 0. The Balaban J connectivity index is 1.89. The fourth-order valence-electron chi connectivity index (χ4n) is 2.73. The SMILES string of the molecule is Cc1ccc(-c2nc3scc(-c4ccc(C)cc4)n3c2N)cc1. The minimum Gasteiger partial charge on any atom is -0.383 e. The number of anilines is 1. The lowest BCUT2D eigenvalue weighted by Crippen LogP contribution is -1.95. The quantitative estimate of drug-likeness (QED) is 0.569. The molecule has 4 heteroatoms. The first-order valence-electron chi connectivity index (χ1n) is 7.53. The molecule has 0 atom stereocenters. The lowest BCUT2D eigenvalue weighted by molar-refractivity contribution is 1.24. The van der Waals surface area contributed by atoms with E-state index in [0.29, 0.717) is 5.82 Å². The van der Waals surface area contributed by atoms with Crippen LogP contribution in [0.15, 0.2) is 53.9 Å². The molecule has 2 aromatic heterocycles. The number of hydrogen-bond donors (Lipinski definition) is 1. The number of aromatic nitrogens is 2. The Morgan fingerprint density at radius 1 is 0.870 bits per heavy atom. The Bertz CT molecular complexity index is 976. The summed E-state index contributed by atoms with van der Waals surface area (Å²) >= 11 is 1.62. The Hall–Kier alpha value is -2.59. The molecule has 0 aliphatic carbocycles. The van der Waals surface area contributed by atoms with Gasteiger partial charge in [0.2, 0.25) is 0 Å². The zero-order chi connectivity index (χ0) is 16.0. The van der Waals surface area contributed by atoms with E-state index < -0.39 is 0 Å². The predicted octanol–water partition coefficient (Wildman–Crippen LogP) is 4.93. The van der Waals surface area contributed by atoms with Gasteiger partial charge in [0.05, 0.1) is 5.69 Å². The Morgan fingerprint density at radius 2 is 1.43 bits per heavy atom. The summed E-state index contributed by atoms with van der Waals surface area (Å²) in [5, 5.41) is 2.11. The molecule has 0 bridgehead atoms. The minimum atomic E-state index is 0.695. The van der Waals surface area contributed by atoms with E-state index in [0.717, 1.165) is 27.5 Å². The van der Waals surface area contributed by atoms with Crippen molar-refractivity contribution in [2.75, 3.05) is 5.73 Å². The molecular formula is C19H17N3S. The molecule has 0 radical (unpaired) electrons. The minimum absolute atomic E-state index is 0.695. The van der Waals surface area contributed by atoms with Crippen molar-refractivity contribution in [1.82, 2.24) is 9.38 Å². The third-order valence-electron chi connectivity index (χ3n) is 4.07. The summed E-state index contributed by atoms with van der Waals surface area (Å²) < 4.78 is 2.05. The fourth-order valence-corrected chi connectivity index (χ4v) is 3.63. The molecule has 0 amide bonds. The molecule has 0 fully saturated rings. The number of nitrogens with zero attached hydrogens (tertiary/aromatic N) is 2. The van der Waals surface area contributed by atoms with Gasteiger partial charge in [0.25, 0.3) is 0 Å². The average molecular weight is 319 g/mol. The molecule has 114 valence electrons. The predicted molar refractivity (Wildman–Crippen MR) is 97.8 cm³/mol. The van der Waals surface area contributed by atoms with Crippen LogP contribution in [0.3, 0.4) is 0 Å². The molecule has 0 aliphatic heterocycles. The van der Waals surface area contributed by atoms with Crippen LogP contribution in [0.1, 0.15) is 11.1 Å². The highest BCUT2D eigenvalue weighted by Crippen LogP contribution is 2.34. The summed E-state index contributed by atoms with van der Waals surface area (Å²) in [5.74, 6) is 0.695. The highest BCUT2D eigenvalue weighted by molar-refractivity contribution is 7.15. The highest BCUT2D eigenvalue weighted by atomic mass is 32.1. The van der Waals surface area contributed by atoms with Crippen LogP contribution in [-0.2, 0) is 0 Å². The monoisotopic (exact) mass is 319 g/mol. The topological polar surface area (TPSA) is 43.3 Å². The van der Waals surface area contributed by atoms with E-state index in [4.69, 9.17) is 10.7 Å². The van der Waals surface area contributed by atoms with E-state index >= 15 is 0 Å². The second-order valence-corrected chi connectivity index (χ2v) is 6.65. The van der Waals surface area contributed by atoms with Crippen LogP contribution in [0.4, 0.5) is 5.82 Å². The summed E-state index contributed by atoms with van der Waals surface area (Å²) in [7, 11) is 0. The number of imidazole rings is 1. The molecular weight excluding hydrogens is 302 g/mol. The third kappa shape index (κ3) is 2.32. The first kappa shape index (κ1) is 14.0. The van der Waals surface area contributed by atoms with Crippen molar-refractivity contribution >= 4 is 22.1 Å². The van der Waals surface area contributed by atoms with Gasteiger partial charge in [0.1, 0.15) is 11.5 Å². The largest absolute Gasteiger partial charge is 0.383 e. The van der Waals surface area contributed by atoms with Crippen LogP contribution in [0.25, 0.3) is 27.5 Å². The van der Waals surface area contributed by atoms with Gasteiger partial charge in [-0.15, -0.1) is 11.3 Å². The number of rotatable bonds is 2. The van der Waals surface area contributed by atoms with Crippen molar-refractivity contribution in [3.05, 3.63) is 65.0 Å². The standard InChI is InChI=1S/C19H17N3S/c1-12-3-7-14(8-4-12)16-11-23-19-21-17(18(20)22(16)19)15-9-5-13(2)6-10-15/h3-11H,20H2,1-2H3. The third-order valence-corrected chi connectivity index (χ3v) is 4.90. The van der Waals surface area contributed by atoms with Crippen LogP contribution >= 0.6 is 11.3 Å². The van der Waals surface area contributed by atoms with Gasteiger partial charge in [-0.3, -0.25) is 4.40 Å². The van der Waals surface area contributed by atoms with Gasteiger partial charge in [-0.25, -0.2) is 4.98 Å². The molecule has 3 nitrogen and oxygen atoms in total. The molecule has 2 heterocycles. The molecule has 2 aromatic carbocycles. The van der Waals surface area contributed by atoms with Gasteiger partial charge < -0.3 is 5.73 Å². The second-order valence-electron chi connectivity index (χ2n) is 5.82. The number of thiazole rings is 1. The van der Waals surface area contributed by atoms with Crippen molar-refractivity contribution in [3.63, 3.8) is 0 Å². The number of benzene rings is 2. The first-order valence-corrected chi connectivity index (χ1v) is 8.41. The fraction of sp³-hybridized carbons (Fsp3) is 0.105. The Kier molecular flexibility index (Phi) is 3.20. The van der Waals surface area contributed by atoms with Gasteiger partial charge in [0.15, 0.2) is 4.96 Å². The molecule has 0 unspecified atom stereocenters. The van der Waals surface area contributed by atoms with Gasteiger partial charge in [-0.05, 0) is 19.4 Å². The lowest BCUT2D eigenvalue weighted by Gasteiger charge is -2.04. The molecule has 0 aliphatic rings. The first-order chi connectivity index (χ1) is 11.1. The Morgan fingerprint density at radius 3 is 2.04 bits per heavy atom. The molecule has 2 N–H and O–H groups in total. The number of nitrogens with two attached hydrogens (primary N) is 1. The molecule has 0 saturated heterocycles. The van der Waals surface area contributed by atoms with Crippen molar-refractivity contribution < 1.29 is 0 Å². The number of hydrogen-bond acceptors (Lipinski definition) is 3. The Labute approximate surface area is 139 Å². The van der Waals surface area contributed by atoms with Crippen molar-refractivity contribution in [3.8, 4) is 22.5 Å². The van der Waals surface area contributed by atoms with E-state index in [-0.39, 0.29) is 0 Å². The van der Waals surface area contributed by atoms with Gasteiger partial charge in [-0.1, -0.05) is 59.7 Å². The van der Waals surface area contributed by atoms with E-state index in [9.17, 15) is 0 Å². The van der Waals surface area contributed by atoms with Gasteiger partial charge >= 0.3 is 0 Å². The molecule has 4 aromatic rings. The van der Waals surface area contributed by atoms with Crippen LogP contribution in [0.5, 0.6) is 0 Å². The van der Waals surface area contributed by atoms with Crippen molar-refractivity contribution in [2.24, 2.45) is 0 Å². The van der Waals surface area contributed by atoms with Crippen LogP contribution in [0.2, 0.25) is 0 Å². The summed E-state index contributed by atoms with van der Waals surface area (Å²) in [4.78, 5) is 5.66. The van der Waals surface area contributed by atoms with Crippen LogP contribution in [0, 0.1) is 13.8 Å². The van der Waals surface area contributed by atoms with E-state index in [1.807, 2.05) is 4.40 Å². The summed E-state index contributed by atoms with van der Waals surface area (Å²) in [5.41, 5.74) is 13.1. The maximum Gasteiger partial charge on any atom is 0.196 e. The zero-order valence-corrected chi connectivity index (χ0v) is 13.9. The van der Waals surface area contributed by atoms with E-state index in [1.165, 1.54) is 11.1 Å². The molecule has 4 rings (SSSR count). The molecule has 0 saturated carbocycles. The maximum absolute atomic E-state index is 6.43. The summed E-state index contributed by atoms with van der Waals surface area (Å²) in [6, 6.07) is 16.8. The van der Waals surface area contributed by atoms with E-state index in [1.54, 1.807) is 11.3 Å². The van der Waals surface area contributed by atoms with Gasteiger partial charge in [0, 0.05) is 10.9 Å². The molecule has 23 heavy (non-hydrogen) atoms. The van der Waals surface area contributed by atoms with Gasteiger partial charge in [-0.2, -0.15) is 0 Å². The average Bonchev–Trinajstić information content (AvgIpc) is 3.10. The maximum atomic E-state index is 6.43. The smallest absolute Gasteiger partial charge is 0.196 e. The number of fused-ring (bicyclic) bond motifs is 1. The zero-order valence-electron chi connectivity index (χ0n) is 13.1. The van der Waals surface area contributed by atoms with Crippen LogP contribution in [-0.4, -0.2) is 9.38 Å². The normalized spacial score (nSPS) is 11.2. The highest BCUT2D eigenvalue weighted by Gasteiger charge is 2.16.